The van der Waals surface area contributed by atoms with Gasteiger partial charge < -0.3 is 19.7 Å². The Kier molecular flexibility index (Phi) is 7.42. The zero-order valence-corrected chi connectivity index (χ0v) is 15.0. The molecule has 0 unspecified atom stereocenters. The average molecular weight is 401 g/mol. The molecule has 0 fully saturated rings. The fourth-order valence-electron chi connectivity index (χ4n) is 2.00. The standard InChI is InChI=1S/C18H19F4N3O3/c1-25(8-9-27-15-5-3-14(19)4-6-15)17(26)24-11-13-2-7-16(23-10-13)28-12-18(20,21)22/h2-7,10H,8-9,11-12H2,1H3,(H,24,26). The molecule has 1 aromatic carbocycles. The first-order valence-corrected chi connectivity index (χ1v) is 8.25. The first-order chi connectivity index (χ1) is 13.2. The second-order valence-electron chi connectivity index (χ2n) is 5.79. The van der Waals surface area contributed by atoms with E-state index in [-0.39, 0.29) is 30.9 Å². The van der Waals surface area contributed by atoms with Crippen molar-refractivity contribution in [2.75, 3.05) is 26.8 Å². The number of urea groups is 1. The highest BCUT2D eigenvalue weighted by atomic mass is 19.4. The molecule has 10 heteroatoms. The van der Waals surface area contributed by atoms with Crippen LogP contribution in [-0.4, -0.2) is 48.9 Å². The zero-order chi connectivity index (χ0) is 20.6. The molecule has 28 heavy (non-hydrogen) atoms. The van der Waals surface area contributed by atoms with E-state index in [1.54, 1.807) is 7.05 Å². The summed E-state index contributed by atoms with van der Waals surface area (Å²) < 4.78 is 59.0. The van der Waals surface area contributed by atoms with Crippen LogP contribution in [0.3, 0.4) is 0 Å². The Balaban J connectivity index is 1.69. The molecule has 0 aliphatic carbocycles. The topological polar surface area (TPSA) is 63.7 Å². The number of likely N-dealkylation sites (N-methyl/N-ethyl adjacent to an activating group) is 1. The first kappa shape index (κ1) is 21.3. The van der Waals surface area contributed by atoms with Crippen molar-refractivity contribution in [2.24, 2.45) is 0 Å². The Labute approximate surface area is 159 Å². The summed E-state index contributed by atoms with van der Waals surface area (Å²) in [6, 6.07) is 7.98. The summed E-state index contributed by atoms with van der Waals surface area (Å²) in [4.78, 5) is 17.2. The van der Waals surface area contributed by atoms with Crippen molar-refractivity contribution in [1.29, 1.82) is 0 Å². The van der Waals surface area contributed by atoms with Gasteiger partial charge in [0.2, 0.25) is 5.88 Å². The first-order valence-electron chi connectivity index (χ1n) is 8.25. The van der Waals surface area contributed by atoms with Crippen molar-refractivity contribution in [1.82, 2.24) is 15.2 Å². The van der Waals surface area contributed by atoms with E-state index < -0.39 is 12.8 Å². The Morgan fingerprint density at radius 1 is 1.14 bits per heavy atom. The molecule has 2 aromatic rings. The quantitative estimate of drug-likeness (QED) is 0.689. The number of ether oxygens (including phenoxy) is 2. The summed E-state index contributed by atoms with van der Waals surface area (Å²) in [5, 5.41) is 2.65. The second kappa shape index (κ2) is 9.77. The van der Waals surface area contributed by atoms with Gasteiger partial charge in [0.15, 0.2) is 6.61 Å². The van der Waals surface area contributed by atoms with Crippen molar-refractivity contribution in [3.63, 3.8) is 0 Å². The van der Waals surface area contributed by atoms with E-state index in [2.05, 4.69) is 15.0 Å². The Hall–Kier alpha value is -3.04. The minimum atomic E-state index is -4.43. The van der Waals surface area contributed by atoms with E-state index in [1.165, 1.54) is 47.5 Å². The molecular weight excluding hydrogens is 382 g/mol. The van der Waals surface area contributed by atoms with Gasteiger partial charge in [0.05, 0.1) is 6.54 Å². The van der Waals surface area contributed by atoms with E-state index in [1.807, 2.05) is 0 Å². The summed E-state index contributed by atoms with van der Waals surface area (Å²) in [5.41, 5.74) is 0.601. The van der Waals surface area contributed by atoms with Gasteiger partial charge in [0.25, 0.3) is 0 Å². The van der Waals surface area contributed by atoms with Crippen LogP contribution in [0, 0.1) is 5.82 Å². The van der Waals surface area contributed by atoms with Crippen LogP contribution in [0.2, 0.25) is 0 Å². The van der Waals surface area contributed by atoms with Crippen molar-refractivity contribution in [3.8, 4) is 11.6 Å². The number of rotatable bonds is 8. The SMILES string of the molecule is CN(CCOc1ccc(F)cc1)C(=O)NCc1ccc(OCC(F)(F)F)nc1. The summed E-state index contributed by atoms with van der Waals surface area (Å²) >= 11 is 0. The van der Waals surface area contributed by atoms with Crippen LogP contribution in [-0.2, 0) is 6.54 Å². The molecule has 0 aliphatic rings. The van der Waals surface area contributed by atoms with Crippen molar-refractivity contribution >= 4 is 6.03 Å². The summed E-state index contributed by atoms with van der Waals surface area (Å²) in [6.45, 7) is -0.747. The van der Waals surface area contributed by atoms with Crippen LogP contribution in [0.25, 0.3) is 0 Å². The summed E-state index contributed by atoms with van der Waals surface area (Å²) in [5.74, 6) is -0.0186. The number of nitrogens with zero attached hydrogens (tertiary/aromatic N) is 2. The van der Waals surface area contributed by atoms with Gasteiger partial charge in [-0.2, -0.15) is 13.2 Å². The lowest BCUT2D eigenvalue weighted by atomic mass is 10.3. The number of nitrogens with one attached hydrogen (secondary N) is 1. The molecule has 0 spiro atoms. The van der Waals surface area contributed by atoms with Gasteiger partial charge in [0.1, 0.15) is 18.2 Å². The van der Waals surface area contributed by atoms with Crippen LogP contribution >= 0.6 is 0 Å². The highest BCUT2D eigenvalue weighted by Crippen LogP contribution is 2.17. The largest absolute Gasteiger partial charge is 0.492 e. The van der Waals surface area contributed by atoms with Gasteiger partial charge in [-0.1, -0.05) is 6.07 Å². The number of pyridine rings is 1. The maximum atomic E-state index is 12.8. The number of alkyl halides is 3. The van der Waals surface area contributed by atoms with Crippen LogP contribution in [0.15, 0.2) is 42.6 Å². The minimum absolute atomic E-state index is 0.147. The second-order valence-corrected chi connectivity index (χ2v) is 5.79. The summed E-state index contributed by atoms with van der Waals surface area (Å²) in [6.07, 6.45) is -3.11. The van der Waals surface area contributed by atoms with Gasteiger partial charge in [-0.05, 0) is 29.8 Å². The van der Waals surface area contributed by atoms with Gasteiger partial charge in [-0.3, -0.25) is 0 Å². The number of hydrogen-bond donors (Lipinski definition) is 1. The molecule has 0 atom stereocenters. The monoisotopic (exact) mass is 401 g/mol. The van der Waals surface area contributed by atoms with E-state index in [9.17, 15) is 22.4 Å². The molecular formula is C18H19F4N3O3. The third-order valence-electron chi connectivity index (χ3n) is 3.48. The number of benzene rings is 1. The van der Waals surface area contributed by atoms with Crippen LogP contribution in [0.1, 0.15) is 5.56 Å². The van der Waals surface area contributed by atoms with Gasteiger partial charge in [0, 0.05) is 25.9 Å². The molecule has 1 N–H and O–H groups in total. The lowest BCUT2D eigenvalue weighted by Crippen LogP contribution is -2.39. The fourth-order valence-corrected chi connectivity index (χ4v) is 2.00. The molecule has 1 aromatic heterocycles. The third kappa shape index (κ3) is 7.68. The third-order valence-corrected chi connectivity index (χ3v) is 3.48. The number of carbonyl (C=O) groups excluding carboxylic acids is 1. The molecule has 1 heterocycles. The van der Waals surface area contributed by atoms with Crippen LogP contribution in [0.4, 0.5) is 22.4 Å². The van der Waals surface area contributed by atoms with Crippen LogP contribution in [0.5, 0.6) is 11.6 Å². The molecule has 0 bridgehead atoms. The minimum Gasteiger partial charge on any atom is -0.492 e. The van der Waals surface area contributed by atoms with E-state index in [0.717, 1.165) is 0 Å². The number of aromatic nitrogens is 1. The number of carbonyl (C=O) groups is 1. The zero-order valence-electron chi connectivity index (χ0n) is 15.0. The maximum Gasteiger partial charge on any atom is 0.422 e. The van der Waals surface area contributed by atoms with Crippen LogP contribution < -0.4 is 14.8 Å². The van der Waals surface area contributed by atoms with Crippen molar-refractivity contribution < 1.29 is 31.8 Å². The number of halogens is 4. The molecule has 0 aliphatic heterocycles. The van der Waals surface area contributed by atoms with Gasteiger partial charge >= 0.3 is 12.2 Å². The smallest absolute Gasteiger partial charge is 0.422 e. The molecule has 0 saturated carbocycles. The van der Waals surface area contributed by atoms with Gasteiger partial charge in [-0.15, -0.1) is 0 Å². The molecule has 0 radical (unpaired) electrons. The lowest BCUT2D eigenvalue weighted by Gasteiger charge is -2.18. The molecule has 6 nitrogen and oxygen atoms in total. The maximum absolute atomic E-state index is 12.8. The Morgan fingerprint density at radius 3 is 2.46 bits per heavy atom. The average Bonchev–Trinajstić information content (AvgIpc) is 2.66. The predicted octanol–water partition coefficient (Wildman–Crippen LogP) is 3.38. The Morgan fingerprint density at radius 2 is 1.86 bits per heavy atom. The van der Waals surface area contributed by atoms with Crippen molar-refractivity contribution in [3.05, 3.63) is 54.0 Å². The predicted molar refractivity (Wildman–Crippen MR) is 92.5 cm³/mol. The fraction of sp³-hybridized carbons (Fsp3) is 0.333. The van der Waals surface area contributed by atoms with Crippen molar-refractivity contribution in [2.45, 2.75) is 12.7 Å². The molecule has 152 valence electrons. The van der Waals surface area contributed by atoms with Gasteiger partial charge in [-0.25, -0.2) is 14.2 Å². The number of hydrogen-bond acceptors (Lipinski definition) is 4. The van der Waals surface area contributed by atoms with E-state index in [0.29, 0.717) is 17.9 Å². The number of amides is 2. The normalized spacial score (nSPS) is 11.0. The Bertz CT molecular complexity index is 752. The molecule has 2 rings (SSSR count). The molecule has 0 saturated heterocycles. The van der Waals surface area contributed by atoms with E-state index in [4.69, 9.17) is 4.74 Å². The van der Waals surface area contributed by atoms with E-state index >= 15 is 0 Å². The lowest BCUT2D eigenvalue weighted by molar-refractivity contribution is -0.154. The highest BCUT2D eigenvalue weighted by Gasteiger charge is 2.28. The summed E-state index contributed by atoms with van der Waals surface area (Å²) in [7, 11) is 1.58. The highest BCUT2D eigenvalue weighted by molar-refractivity contribution is 5.73. The molecule has 2 amide bonds.